The van der Waals surface area contributed by atoms with Crippen LogP contribution in [0.25, 0.3) is 0 Å². The van der Waals surface area contributed by atoms with E-state index in [0.29, 0.717) is 15.7 Å². The average molecular weight is 414 g/mol. The maximum absolute atomic E-state index is 12.9. The lowest BCUT2D eigenvalue weighted by molar-refractivity contribution is -0.137. The summed E-state index contributed by atoms with van der Waals surface area (Å²) in [6, 6.07) is 9.51. The Morgan fingerprint density at radius 1 is 0.926 bits per heavy atom. The van der Waals surface area contributed by atoms with Crippen molar-refractivity contribution in [1.29, 1.82) is 0 Å². The third-order valence-electron chi connectivity index (χ3n) is 3.52. The molecule has 0 aliphatic carbocycles. The first-order valence-electron chi connectivity index (χ1n) is 7.51. The molecule has 0 saturated heterocycles. The van der Waals surface area contributed by atoms with Crippen molar-refractivity contribution in [2.75, 3.05) is 16.4 Å². The van der Waals surface area contributed by atoms with Gasteiger partial charge in [0.25, 0.3) is 0 Å². The second-order valence-electron chi connectivity index (χ2n) is 5.44. The zero-order valence-corrected chi connectivity index (χ0v) is 15.0. The molecule has 0 aliphatic heterocycles. The molecule has 0 atom stereocenters. The van der Waals surface area contributed by atoms with Gasteiger partial charge >= 0.3 is 6.18 Å². The van der Waals surface area contributed by atoms with Crippen LogP contribution in [-0.4, -0.2) is 9.97 Å². The van der Waals surface area contributed by atoms with Crippen LogP contribution < -0.4 is 16.4 Å². The highest BCUT2D eigenvalue weighted by Crippen LogP contribution is 2.34. The quantitative estimate of drug-likeness (QED) is 0.498. The minimum absolute atomic E-state index is 0.103. The van der Waals surface area contributed by atoms with Gasteiger partial charge in [0.05, 0.1) is 16.3 Å². The van der Waals surface area contributed by atoms with Gasteiger partial charge in [0.1, 0.15) is 12.0 Å². The van der Waals surface area contributed by atoms with Crippen molar-refractivity contribution in [2.24, 2.45) is 0 Å². The summed E-state index contributed by atoms with van der Waals surface area (Å²) in [4.78, 5) is 8.01. The highest BCUT2D eigenvalue weighted by Gasteiger charge is 2.30. The van der Waals surface area contributed by atoms with Gasteiger partial charge < -0.3 is 16.4 Å². The lowest BCUT2D eigenvalue weighted by Gasteiger charge is -2.14. The van der Waals surface area contributed by atoms with Gasteiger partial charge in [-0.05, 0) is 36.4 Å². The first-order chi connectivity index (χ1) is 12.7. The molecule has 1 aromatic heterocycles. The molecule has 0 spiro atoms. The van der Waals surface area contributed by atoms with Crippen LogP contribution in [0.5, 0.6) is 0 Å². The molecule has 2 aromatic carbocycles. The van der Waals surface area contributed by atoms with E-state index in [1.807, 2.05) is 0 Å². The number of nitrogens with zero attached hydrogens (tertiary/aromatic N) is 2. The second kappa shape index (κ2) is 7.50. The van der Waals surface area contributed by atoms with E-state index in [1.165, 1.54) is 18.5 Å². The smallest absolute Gasteiger partial charge is 0.393 e. The van der Waals surface area contributed by atoms with Crippen LogP contribution in [-0.2, 0) is 6.18 Å². The summed E-state index contributed by atoms with van der Waals surface area (Å²) in [6.07, 6.45) is -3.24. The van der Waals surface area contributed by atoms with Gasteiger partial charge in [0, 0.05) is 10.7 Å². The molecule has 5 nitrogen and oxygen atoms in total. The summed E-state index contributed by atoms with van der Waals surface area (Å²) in [6.45, 7) is 0. The van der Waals surface area contributed by atoms with Crippen molar-refractivity contribution in [3.63, 3.8) is 0 Å². The van der Waals surface area contributed by atoms with Crippen LogP contribution >= 0.6 is 23.2 Å². The molecule has 0 bridgehead atoms. The molecule has 140 valence electrons. The Balaban J connectivity index is 1.88. The average Bonchev–Trinajstić information content (AvgIpc) is 2.61. The molecule has 0 aliphatic rings. The first-order valence-corrected chi connectivity index (χ1v) is 8.26. The number of nitrogen functional groups attached to an aromatic ring is 1. The predicted molar refractivity (Wildman–Crippen MR) is 101 cm³/mol. The van der Waals surface area contributed by atoms with Crippen molar-refractivity contribution in [2.45, 2.75) is 6.18 Å². The van der Waals surface area contributed by atoms with Crippen molar-refractivity contribution in [3.8, 4) is 0 Å². The van der Waals surface area contributed by atoms with Gasteiger partial charge in [-0.15, -0.1) is 0 Å². The standard InChI is InChI=1S/C17H12Cl2F3N5/c18-10-4-5-12(19)13(7-10)27-16-14(23)15(24-8-25-16)26-11-3-1-2-9(6-11)17(20,21)22/h1-8H,23H2,(H2,24,25,26,27). The molecule has 4 N–H and O–H groups in total. The Hall–Kier alpha value is -2.71. The monoisotopic (exact) mass is 413 g/mol. The van der Waals surface area contributed by atoms with Crippen LogP contribution in [0.3, 0.4) is 0 Å². The Labute approximate surface area is 162 Å². The molecule has 0 fully saturated rings. The molecule has 3 rings (SSSR count). The minimum atomic E-state index is -4.45. The third kappa shape index (κ3) is 4.53. The van der Waals surface area contributed by atoms with Crippen molar-refractivity contribution < 1.29 is 13.2 Å². The fraction of sp³-hybridized carbons (Fsp3) is 0.0588. The van der Waals surface area contributed by atoms with E-state index in [2.05, 4.69) is 20.6 Å². The van der Waals surface area contributed by atoms with Gasteiger partial charge in [-0.1, -0.05) is 29.3 Å². The number of nitrogens with two attached hydrogens (primary N) is 1. The zero-order valence-electron chi connectivity index (χ0n) is 13.5. The molecular formula is C17H12Cl2F3N5. The molecule has 3 aromatic rings. The van der Waals surface area contributed by atoms with Crippen LogP contribution in [0.15, 0.2) is 48.8 Å². The summed E-state index contributed by atoms with van der Waals surface area (Å²) in [5, 5.41) is 6.54. The Kier molecular flexibility index (Phi) is 5.29. The van der Waals surface area contributed by atoms with Crippen LogP contribution in [0.4, 0.5) is 41.9 Å². The molecule has 27 heavy (non-hydrogen) atoms. The van der Waals surface area contributed by atoms with E-state index in [1.54, 1.807) is 18.2 Å². The number of hydrogen-bond donors (Lipinski definition) is 3. The lowest BCUT2D eigenvalue weighted by atomic mass is 10.2. The van der Waals surface area contributed by atoms with E-state index < -0.39 is 11.7 Å². The number of benzene rings is 2. The first kappa shape index (κ1) is 19.1. The van der Waals surface area contributed by atoms with E-state index in [9.17, 15) is 13.2 Å². The number of rotatable bonds is 4. The maximum atomic E-state index is 12.9. The maximum Gasteiger partial charge on any atom is 0.416 e. The number of aromatic nitrogens is 2. The number of nitrogens with one attached hydrogen (secondary N) is 2. The SMILES string of the molecule is Nc1c(Nc2cccc(C(F)(F)F)c2)ncnc1Nc1cc(Cl)ccc1Cl. The minimum Gasteiger partial charge on any atom is -0.393 e. The van der Waals surface area contributed by atoms with Crippen molar-refractivity contribution in [1.82, 2.24) is 9.97 Å². The summed E-state index contributed by atoms with van der Waals surface area (Å²) < 4.78 is 38.6. The van der Waals surface area contributed by atoms with Crippen molar-refractivity contribution in [3.05, 3.63) is 64.4 Å². The molecule has 0 amide bonds. The number of hydrogen-bond acceptors (Lipinski definition) is 5. The Morgan fingerprint density at radius 3 is 2.33 bits per heavy atom. The van der Waals surface area contributed by atoms with Gasteiger partial charge in [0.2, 0.25) is 0 Å². The molecule has 1 heterocycles. The van der Waals surface area contributed by atoms with Gasteiger partial charge in [-0.3, -0.25) is 0 Å². The third-order valence-corrected chi connectivity index (χ3v) is 4.08. The largest absolute Gasteiger partial charge is 0.416 e. The predicted octanol–water partition coefficient (Wildman–Crippen LogP) is 5.87. The fourth-order valence-corrected chi connectivity index (χ4v) is 2.56. The number of alkyl halides is 3. The summed E-state index contributed by atoms with van der Waals surface area (Å²) in [7, 11) is 0. The normalized spacial score (nSPS) is 11.3. The van der Waals surface area contributed by atoms with E-state index >= 15 is 0 Å². The topological polar surface area (TPSA) is 75.9 Å². The number of halogens is 5. The molecule has 0 radical (unpaired) electrons. The van der Waals surface area contributed by atoms with Crippen LogP contribution in [0.2, 0.25) is 10.0 Å². The van der Waals surface area contributed by atoms with E-state index in [0.717, 1.165) is 12.1 Å². The van der Waals surface area contributed by atoms with Crippen LogP contribution in [0, 0.1) is 0 Å². The Bertz CT molecular complexity index is 979. The second-order valence-corrected chi connectivity index (χ2v) is 6.28. The highest BCUT2D eigenvalue weighted by atomic mass is 35.5. The van der Waals surface area contributed by atoms with Crippen LogP contribution in [0.1, 0.15) is 5.56 Å². The Morgan fingerprint density at radius 2 is 1.63 bits per heavy atom. The van der Waals surface area contributed by atoms with E-state index in [4.69, 9.17) is 28.9 Å². The van der Waals surface area contributed by atoms with Crippen molar-refractivity contribution >= 4 is 51.9 Å². The summed E-state index contributed by atoms with van der Waals surface area (Å²) in [5.74, 6) is 0.369. The summed E-state index contributed by atoms with van der Waals surface area (Å²) in [5.41, 5.74) is 6.01. The summed E-state index contributed by atoms with van der Waals surface area (Å²) >= 11 is 12.0. The van der Waals surface area contributed by atoms with Gasteiger partial charge in [-0.2, -0.15) is 13.2 Å². The molecule has 10 heteroatoms. The van der Waals surface area contributed by atoms with E-state index in [-0.39, 0.29) is 23.0 Å². The lowest BCUT2D eigenvalue weighted by Crippen LogP contribution is -2.07. The molecular weight excluding hydrogens is 402 g/mol. The fourth-order valence-electron chi connectivity index (χ4n) is 2.23. The van der Waals surface area contributed by atoms with Gasteiger partial charge in [0.15, 0.2) is 11.6 Å². The molecule has 0 saturated carbocycles. The van der Waals surface area contributed by atoms with Gasteiger partial charge in [-0.25, -0.2) is 9.97 Å². The zero-order chi connectivity index (χ0) is 19.6. The number of anilines is 5. The highest BCUT2D eigenvalue weighted by molar-refractivity contribution is 6.35. The molecule has 0 unspecified atom stereocenters.